The van der Waals surface area contributed by atoms with Crippen LogP contribution in [0.25, 0.3) is 0 Å². The number of nitrogens with zero attached hydrogens (tertiary/aromatic N) is 1. The Morgan fingerprint density at radius 2 is 1.73 bits per heavy atom. The fraction of sp³-hybridized carbons (Fsp3) is 0.458. The lowest BCUT2D eigenvalue weighted by molar-refractivity contribution is 0.000602. The Labute approximate surface area is 178 Å². The number of hydrogen-bond acceptors (Lipinski definition) is 5. The van der Waals surface area contributed by atoms with Crippen LogP contribution in [-0.4, -0.2) is 52.5 Å². The summed E-state index contributed by atoms with van der Waals surface area (Å²) in [5.41, 5.74) is 6.76. The summed E-state index contributed by atoms with van der Waals surface area (Å²) in [6, 6.07) is 18.3. The number of para-hydroxylation sites is 1. The summed E-state index contributed by atoms with van der Waals surface area (Å²) in [5, 5.41) is 11.1. The molecule has 0 radical (unpaired) electrons. The second-order valence-electron chi connectivity index (χ2n) is 8.83. The van der Waals surface area contributed by atoms with Gasteiger partial charge in [0.15, 0.2) is 0 Å². The maximum Gasteiger partial charge on any atom is 0.410 e. The molecule has 1 amide bonds. The average molecular weight is 413 g/mol. The van der Waals surface area contributed by atoms with Gasteiger partial charge in [-0.1, -0.05) is 48.5 Å². The number of nitrogens with two attached hydrogens (primary N) is 1. The molecule has 2 aromatic rings. The molecule has 0 saturated carbocycles. The summed E-state index contributed by atoms with van der Waals surface area (Å²) in [6.45, 7) is 5.81. The highest BCUT2D eigenvalue weighted by molar-refractivity contribution is 5.69. The topological polar surface area (TPSA) is 85.0 Å². The molecule has 162 valence electrons. The van der Waals surface area contributed by atoms with Crippen molar-refractivity contribution in [2.75, 3.05) is 6.54 Å². The van der Waals surface area contributed by atoms with Gasteiger partial charge in [0, 0.05) is 12.5 Å². The molecule has 30 heavy (non-hydrogen) atoms. The van der Waals surface area contributed by atoms with Crippen LogP contribution in [0.1, 0.15) is 32.8 Å². The number of benzene rings is 2. The van der Waals surface area contributed by atoms with Crippen LogP contribution in [0.2, 0.25) is 0 Å². The molecule has 0 aromatic heterocycles. The third-order valence-electron chi connectivity index (χ3n) is 5.13. The summed E-state index contributed by atoms with van der Waals surface area (Å²) >= 11 is 0. The van der Waals surface area contributed by atoms with Gasteiger partial charge >= 0.3 is 6.09 Å². The van der Waals surface area contributed by atoms with E-state index in [1.54, 1.807) is 4.90 Å². The normalized spacial score (nSPS) is 21.2. The van der Waals surface area contributed by atoms with Gasteiger partial charge in [-0.25, -0.2) is 4.79 Å². The minimum atomic E-state index is -0.901. The van der Waals surface area contributed by atoms with E-state index >= 15 is 0 Å². The minimum absolute atomic E-state index is 0.247. The second kappa shape index (κ2) is 9.49. The van der Waals surface area contributed by atoms with Gasteiger partial charge in [0.05, 0.1) is 18.7 Å². The van der Waals surface area contributed by atoms with E-state index in [4.69, 9.17) is 15.2 Å². The zero-order chi connectivity index (χ0) is 21.7. The molecule has 2 aromatic carbocycles. The van der Waals surface area contributed by atoms with Crippen LogP contribution in [-0.2, 0) is 11.2 Å². The number of amides is 1. The Bertz CT molecular complexity index is 807. The highest BCUT2D eigenvalue weighted by atomic mass is 16.6. The van der Waals surface area contributed by atoms with Gasteiger partial charge in [0.2, 0.25) is 0 Å². The first-order valence-corrected chi connectivity index (χ1v) is 10.4. The predicted octanol–water partition coefficient (Wildman–Crippen LogP) is 3.37. The van der Waals surface area contributed by atoms with Crippen LogP contribution in [0, 0.1) is 0 Å². The van der Waals surface area contributed by atoms with E-state index in [1.165, 1.54) is 0 Å². The van der Waals surface area contributed by atoms with Crippen molar-refractivity contribution >= 4 is 6.09 Å². The first kappa shape index (κ1) is 22.1. The van der Waals surface area contributed by atoms with Crippen molar-refractivity contribution in [3.63, 3.8) is 0 Å². The minimum Gasteiger partial charge on any atom is -0.489 e. The third-order valence-corrected chi connectivity index (χ3v) is 5.13. The van der Waals surface area contributed by atoms with Crippen molar-refractivity contribution in [1.29, 1.82) is 0 Å². The monoisotopic (exact) mass is 412 g/mol. The molecule has 6 heteroatoms. The lowest BCUT2D eigenvalue weighted by Crippen LogP contribution is -2.52. The molecule has 1 fully saturated rings. The summed E-state index contributed by atoms with van der Waals surface area (Å²) < 4.78 is 11.6. The fourth-order valence-corrected chi connectivity index (χ4v) is 3.75. The quantitative estimate of drug-likeness (QED) is 0.760. The molecule has 0 aliphatic carbocycles. The number of likely N-dealkylation sites (tertiary alicyclic amines) is 1. The second-order valence-corrected chi connectivity index (χ2v) is 8.83. The van der Waals surface area contributed by atoms with Gasteiger partial charge in [-0.2, -0.15) is 0 Å². The van der Waals surface area contributed by atoms with Crippen LogP contribution in [0.15, 0.2) is 60.7 Å². The molecule has 6 nitrogen and oxygen atoms in total. The van der Waals surface area contributed by atoms with E-state index in [0.29, 0.717) is 19.4 Å². The van der Waals surface area contributed by atoms with E-state index < -0.39 is 29.9 Å². The Balaban J connectivity index is 1.74. The highest BCUT2D eigenvalue weighted by Crippen LogP contribution is 2.28. The van der Waals surface area contributed by atoms with E-state index in [0.717, 1.165) is 11.3 Å². The average Bonchev–Trinajstić information content (AvgIpc) is 3.11. The molecule has 4 atom stereocenters. The van der Waals surface area contributed by atoms with E-state index in [1.807, 2.05) is 81.4 Å². The van der Waals surface area contributed by atoms with Crippen molar-refractivity contribution in [3.05, 3.63) is 66.2 Å². The van der Waals surface area contributed by atoms with Gasteiger partial charge in [-0.05, 0) is 44.9 Å². The molecule has 1 aliphatic heterocycles. The van der Waals surface area contributed by atoms with Gasteiger partial charge in [0.1, 0.15) is 17.5 Å². The Kier molecular flexibility index (Phi) is 7.00. The zero-order valence-corrected chi connectivity index (χ0v) is 17.9. The summed E-state index contributed by atoms with van der Waals surface area (Å²) in [7, 11) is 0. The van der Waals surface area contributed by atoms with Crippen molar-refractivity contribution in [1.82, 2.24) is 4.90 Å². The number of ether oxygens (including phenoxy) is 2. The summed E-state index contributed by atoms with van der Waals surface area (Å²) in [5.74, 6) is 0.732. The SMILES string of the molecule is CC(C)(C)OC(=O)N1C[C@H](Oc2ccccc2)C[C@@H]1[C@@H](O)[C@@H](N)Cc1ccccc1. The Hall–Kier alpha value is -2.57. The van der Waals surface area contributed by atoms with Crippen molar-refractivity contribution in [2.45, 2.75) is 63.5 Å². The number of aliphatic hydroxyl groups excluding tert-OH is 1. The lowest BCUT2D eigenvalue weighted by Gasteiger charge is -2.32. The molecule has 0 unspecified atom stereocenters. The van der Waals surface area contributed by atoms with Gasteiger partial charge in [-0.15, -0.1) is 0 Å². The van der Waals surface area contributed by atoms with Crippen molar-refractivity contribution in [2.24, 2.45) is 5.73 Å². The van der Waals surface area contributed by atoms with Crippen LogP contribution in [0.3, 0.4) is 0 Å². The number of rotatable bonds is 6. The number of hydrogen-bond donors (Lipinski definition) is 2. The maximum absolute atomic E-state index is 12.9. The lowest BCUT2D eigenvalue weighted by atomic mass is 9.95. The van der Waals surface area contributed by atoms with Crippen LogP contribution in [0.4, 0.5) is 4.79 Å². The summed E-state index contributed by atoms with van der Waals surface area (Å²) in [4.78, 5) is 14.4. The molecule has 1 aliphatic rings. The van der Waals surface area contributed by atoms with Crippen LogP contribution < -0.4 is 10.5 Å². The van der Waals surface area contributed by atoms with Gasteiger partial charge in [0.25, 0.3) is 0 Å². The van der Waals surface area contributed by atoms with Crippen molar-refractivity contribution < 1.29 is 19.4 Å². The summed E-state index contributed by atoms with van der Waals surface area (Å²) in [6.07, 6.45) is -0.605. The molecular formula is C24H32N2O4. The van der Waals surface area contributed by atoms with E-state index in [2.05, 4.69) is 0 Å². The number of carbonyl (C=O) groups is 1. The standard InChI is InChI=1S/C24H32N2O4/c1-24(2,3)30-23(28)26-16-19(29-18-12-8-5-9-13-18)15-21(26)22(27)20(25)14-17-10-6-4-7-11-17/h4-13,19-22,27H,14-16,25H2,1-3H3/t19-,20+,21-,22+/m1/s1. The molecule has 3 N–H and O–H groups in total. The zero-order valence-electron chi connectivity index (χ0n) is 17.9. The van der Waals surface area contributed by atoms with Gasteiger partial charge < -0.3 is 20.3 Å². The highest BCUT2D eigenvalue weighted by Gasteiger charge is 2.43. The van der Waals surface area contributed by atoms with E-state index in [-0.39, 0.29) is 6.10 Å². The fourth-order valence-electron chi connectivity index (χ4n) is 3.75. The number of aliphatic hydroxyl groups is 1. The number of carbonyl (C=O) groups excluding carboxylic acids is 1. The maximum atomic E-state index is 12.9. The first-order chi connectivity index (χ1) is 14.2. The smallest absolute Gasteiger partial charge is 0.410 e. The largest absolute Gasteiger partial charge is 0.489 e. The molecule has 1 heterocycles. The Morgan fingerprint density at radius 1 is 1.13 bits per heavy atom. The van der Waals surface area contributed by atoms with Crippen LogP contribution in [0.5, 0.6) is 5.75 Å². The molecule has 3 rings (SSSR count). The van der Waals surface area contributed by atoms with Crippen LogP contribution >= 0.6 is 0 Å². The molecule has 0 spiro atoms. The first-order valence-electron chi connectivity index (χ1n) is 10.4. The van der Waals surface area contributed by atoms with Gasteiger partial charge in [-0.3, -0.25) is 4.90 Å². The Morgan fingerprint density at radius 3 is 2.33 bits per heavy atom. The van der Waals surface area contributed by atoms with Crippen molar-refractivity contribution in [3.8, 4) is 5.75 Å². The third kappa shape index (κ3) is 5.97. The predicted molar refractivity (Wildman–Crippen MR) is 116 cm³/mol. The molecular weight excluding hydrogens is 380 g/mol. The molecule has 0 bridgehead atoms. The van der Waals surface area contributed by atoms with E-state index in [9.17, 15) is 9.90 Å². The molecule has 1 saturated heterocycles.